The summed E-state index contributed by atoms with van der Waals surface area (Å²) in [5, 5.41) is 1.08. The fourth-order valence-corrected chi connectivity index (χ4v) is 2.07. The minimum absolute atomic E-state index is 0.618. The van der Waals surface area contributed by atoms with Crippen LogP contribution >= 0.6 is 0 Å². The standard InChI is InChI=1S/C12H11NO2/c14-7-10-5-9-4-8-2-1-3-15-12(8)6-11(9)13-10/h4-7,13H,1-3H2. The normalized spacial score (nSPS) is 14.7. The van der Waals surface area contributed by atoms with Crippen LogP contribution in [0.1, 0.15) is 22.5 Å². The Labute approximate surface area is 87.1 Å². The van der Waals surface area contributed by atoms with E-state index < -0.39 is 0 Å². The zero-order chi connectivity index (χ0) is 10.3. The summed E-state index contributed by atoms with van der Waals surface area (Å²) in [5.41, 5.74) is 2.83. The van der Waals surface area contributed by atoms with E-state index in [9.17, 15) is 4.79 Å². The summed E-state index contributed by atoms with van der Waals surface area (Å²) < 4.78 is 5.57. The van der Waals surface area contributed by atoms with E-state index in [1.165, 1.54) is 5.56 Å². The number of rotatable bonds is 1. The van der Waals surface area contributed by atoms with E-state index in [1.54, 1.807) is 0 Å². The minimum Gasteiger partial charge on any atom is -0.493 e. The molecular weight excluding hydrogens is 190 g/mol. The summed E-state index contributed by atoms with van der Waals surface area (Å²) in [6.45, 7) is 0.791. The van der Waals surface area contributed by atoms with Crippen molar-refractivity contribution in [3.63, 3.8) is 0 Å². The first-order valence-electron chi connectivity index (χ1n) is 5.10. The molecule has 1 aromatic carbocycles. The third-order valence-electron chi connectivity index (χ3n) is 2.80. The molecule has 0 aliphatic carbocycles. The summed E-state index contributed by atoms with van der Waals surface area (Å²) in [6.07, 6.45) is 2.97. The molecule has 1 N–H and O–H groups in total. The van der Waals surface area contributed by atoms with Crippen molar-refractivity contribution in [1.29, 1.82) is 0 Å². The summed E-state index contributed by atoms with van der Waals surface area (Å²) >= 11 is 0. The van der Waals surface area contributed by atoms with Crippen LogP contribution in [0.25, 0.3) is 10.9 Å². The van der Waals surface area contributed by atoms with Gasteiger partial charge in [-0.15, -0.1) is 0 Å². The van der Waals surface area contributed by atoms with Crippen LogP contribution in [0.3, 0.4) is 0 Å². The maximum absolute atomic E-state index is 10.6. The zero-order valence-electron chi connectivity index (χ0n) is 8.25. The van der Waals surface area contributed by atoms with Gasteiger partial charge in [-0.1, -0.05) is 0 Å². The van der Waals surface area contributed by atoms with Crippen LogP contribution in [0.2, 0.25) is 0 Å². The quantitative estimate of drug-likeness (QED) is 0.719. The fraction of sp³-hybridized carbons (Fsp3) is 0.250. The lowest BCUT2D eigenvalue weighted by Gasteiger charge is -2.16. The highest BCUT2D eigenvalue weighted by Gasteiger charge is 2.12. The summed E-state index contributed by atoms with van der Waals surface area (Å²) in [7, 11) is 0. The number of hydrogen-bond acceptors (Lipinski definition) is 2. The molecule has 3 nitrogen and oxygen atoms in total. The average Bonchev–Trinajstić information content (AvgIpc) is 2.67. The number of benzene rings is 1. The molecular formula is C12H11NO2. The van der Waals surface area contributed by atoms with E-state index in [2.05, 4.69) is 11.1 Å². The van der Waals surface area contributed by atoms with E-state index in [0.29, 0.717) is 5.69 Å². The van der Waals surface area contributed by atoms with Crippen molar-refractivity contribution < 1.29 is 9.53 Å². The predicted octanol–water partition coefficient (Wildman–Crippen LogP) is 2.31. The van der Waals surface area contributed by atoms with Crippen LogP contribution in [0.4, 0.5) is 0 Å². The lowest BCUT2D eigenvalue weighted by molar-refractivity contribution is 0.112. The zero-order valence-corrected chi connectivity index (χ0v) is 8.25. The Morgan fingerprint density at radius 3 is 3.13 bits per heavy atom. The Morgan fingerprint density at radius 2 is 2.27 bits per heavy atom. The first-order chi connectivity index (χ1) is 7.36. The molecule has 3 heteroatoms. The molecule has 1 aromatic heterocycles. The van der Waals surface area contributed by atoms with Gasteiger partial charge in [0.25, 0.3) is 0 Å². The third-order valence-corrected chi connectivity index (χ3v) is 2.80. The number of aryl methyl sites for hydroxylation is 1. The largest absolute Gasteiger partial charge is 0.493 e. The molecule has 0 bridgehead atoms. The first-order valence-corrected chi connectivity index (χ1v) is 5.10. The number of aromatic amines is 1. The molecule has 1 aliphatic rings. The highest BCUT2D eigenvalue weighted by molar-refractivity contribution is 5.89. The van der Waals surface area contributed by atoms with Crippen LogP contribution in [-0.2, 0) is 6.42 Å². The highest BCUT2D eigenvalue weighted by atomic mass is 16.5. The molecule has 15 heavy (non-hydrogen) atoms. The van der Waals surface area contributed by atoms with E-state index in [-0.39, 0.29) is 0 Å². The van der Waals surface area contributed by atoms with Gasteiger partial charge in [-0.2, -0.15) is 0 Å². The number of fused-ring (bicyclic) bond motifs is 2. The lowest BCUT2D eigenvalue weighted by Crippen LogP contribution is -2.07. The van der Waals surface area contributed by atoms with Gasteiger partial charge in [0.1, 0.15) is 5.75 Å². The number of H-pyrrole nitrogens is 1. The Morgan fingerprint density at radius 1 is 1.33 bits per heavy atom. The summed E-state index contributed by atoms with van der Waals surface area (Å²) in [5.74, 6) is 0.952. The lowest BCUT2D eigenvalue weighted by atomic mass is 10.0. The molecule has 0 saturated carbocycles. The van der Waals surface area contributed by atoms with Gasteiger partial charge in [0.05, 0.1) is 12.3 Å². The second kappa shape index (κ2) is 3.12. The van der Waals surface area contributed by atoms with E-state index in [0.717, 1.165) is 42.4 Å². The van der Waals surface area contributed by atoms with E-state index in [4.69, 9.17) is 4.74 Å². The van der Waals surface area contributed by atoms with Gasteiger partial charge in [-0.3, -0.25) is 4.79 Å². The number of nitrogens with one attached hydrogen (secondary N) is 1. The number of carbonyl (C=O) groups is 1. The second-order valence-electron chi connectivity index (χ2n) is 3.84. The van der Waals surface area contributed by atoms with Crippen molar-refractivity contribution in [3.8, 4) is 5.75 Å². The van der Waals surface area contributed by atoms with Gasteiger partial charge in [0.2, 0.25) is 0 Å². The summed E-state index contributed by atoms with van der Waals surface area (Å²) in [6, 6.07) is 5.96. The van der Waals surface area contributed by atoms with Crippen LogP contribution in [0, 0.1) is 0 Å². The molecule has 0 amide bonds. The topological polar surface area (TPSA) is 42.1 Å². The molecule has 3 rings (SSSR count). The SMILES string of the molecule is O=Cc1cc2cc3c(cc2[nH]1)OCCC3. The molecule has 1 aliphatic heterocycles. The maximum Gasteiger partial charge on any atom is 0.166 e. The Bertz CT molecular complexity index is 485. The average molecular weight is 201 g/mol. The van der Waals surface area contributed by atoms with Crippen molar-refractivity contribution >= 4 is 17.2 Å². The van der Waals surface area contributed by atoms with Crippen LogP contribution in [-0.4, -0.2) is 17.9 Å². The number of ether oxygens (including phenoxy) is 1. The van der Waals surface area contributed by atoms with Crippen molar-refractivity contribution in [2.45, 2.75) is 12.8 Å². The van der Waals surface area contributed by atoms with Crippen LogP contribution in [0.15, 0.2) is 18.2 Å². The molecule has 0 radical (unpaired) electrons. The Balaban J connectivity index is 2.23. The van der Waals surface area contributed by atoms with E-state index >= 15 is 0 Å². The van der Waals surface area contributed by atoms with Gasteiger partial charge in [0, 0.05) is 17.0 Å². The van der Waals surface area contributed by atoms with Crippen molar-refractivity contribution in [3.05, 3.63) is 29.5 Å². The van der Waals surface area contributed by atoms with Gasteiger partial charge in [0.15, 0.2) is 6.29 Å². The van der Waals surface area contributed by atoms with Crippen molar-refractivity contribution in [2.24, 2.45) is 0 Å². The van der Waals surface area contributed by atoms with Gasteiger partial charge >= 0.3 is 0 Å². The Hall–Kier alpha value is -1.77. The molecule has 76 valence electrons. The molecule has 0 atom stereocenters. The van der Waals surface area contributed by atoms with Gasteiger partial charge < -0.3 is 9.72 Å². The number of aldehydes is 1. The number of carbonyl (C=O) groups excluding carboxylic acids is 1. The smallest absolute Gasteiger partial charge is 0.166 e. The predicted molar refractivity (Wildman–Crippen MR) is 57.5 cm³/mol. The van der Waals surface area contributed by atoms with Crippen LogP contribution in [0.5, 0.6) is 5.75 Å². The molecule has 0 spiro atoms. The molecule has 0 fully saturated rings. The molecule has 2 heterocycles. The summed E-state index contributed by atoms with van der Waals surface area (Å²) in [4.78, 5) is 13.7. The van der Waals surface area contributed by atoms with Crippen molar-refractivity contribution in [1.82, 2.24) is 4.98 Å². The van der Waals surface area contributed by atoms with Crippen LogP contribution < -0.4 is 4.74 Å². The number of hydrogen-bond donors (Lipinski definition) is 1. The van der Waals surface area contributed by atoms with E-state index in [1.807, 2.05) is 12.1 Å². The number of aromatic nitrogens is 1. The Kier molecular flexibility index (Phi) is 1.78. The fourth-order valence-electron chi connectivity index (χ4n) is 2.07. The molecule has 0 unspecified atom stereocenters. The van der Waals surface area contributed by atoms with Crippen molar-refractivity contribution in [2.75, 3.05) is 6.61 Å². The monoisotopic (exact) mass is 201 g/mol. The second-order valence-corrected chi connectivity index (χ2v) is 3.84. The highest BCUT2D eigenvalue weighted by Crippen LogP contribution is 2.29. The maximum atomic E-state index is 10.6. The third kappa shape index (κ3) is 1.31. The minimum atomic E-state index is 0.618. The molecule has 2 aromatic rings. The molecule has 0 saturated heterocycles. The van der Waals surface area contributed by atoms with Gasteiger partial charge in [-0.25, -0.2) is 0 Å². The first kappa shape index (κ1) is 8.53. The van der Waals surface area contributed by atoms with Gasteiger partial charge in [-0.05, 0) is 30.5 Å².